The molecule has 0 spiro atoms. The summed E-state index contributed by atoms with van der Waals surface area (Å²) in [4.78, 5) is 12.8. The summed E-state index contributed by atoms with van der Waals surface area (Å²) in [6.07, 6.45) is 0. The molecule has 0 aliphatic heterocycles. The lowest BCUT2D eigenvalue weighted by Crippen LogP contribution is -2.32. The van der Waals surface area contributed by atoms with E-state index in [9.17, 15) is 4.79 Å². The summed E-state index contributed by atoms with van der Waals surface area (Å²) in [5.74, 6) is 1.45. The minimum atomic E-state index is -0.356. The molecule has 0 bridgehead atoms. The minimum absolute atomic E-state index is 0.279. The molecule has 174 valence electrons. The highest BCUT2D eigenvalue weighted by molar-refractivity contribution is 7.98. The molecule has 0 saturated carbocycles. The Bertz CT molecular complexity index is 1270. The molecule has 0 radical (unpaired) electrons. The third-order valence-electron chi connectivity index (χ3n) is 5.75. The van der Waals surface area contributed by atoms with Crippen molar-refractivity contribution in [2.75, 3.05) is 5.32 Å². The Kier molecular flexibility index (Phi) is 7.33. The van der Waals surface area contributed by atoms with Gasteiger partial charge in [-0.1, -0.05) is 71.9 Å². The fourth-order valence-corrected chi connectivity index (χ4v) is 4.53. The molecule has 1 heterocycles. The molecule has 0 fully saturated rings. The maximum Gasteiger partial charge on any atom is 0.319 e. The number of anilines is 1. The quantitative estimate of drug-likeness (QED) is 0.307. The van der Waals surface area contributed by atoms with Gasteiger partial charge in [-0.2, -0.15) is 0 Å². The largest absolute Gasteiger partial charge is 0.328 e. The number of carbonyl (C=O) groups excluding carboxylic acids is 1. The average Bonchev–Trinajstić information content (AvgIpc) is 3.26. The standard InChI is InChI=1S/C27H29N5OS/c1-18-13-15-23(16-14-18)32-25(30-31-27(32)34-17-22-10-6-5-7-11-22)21(4)28-26(33)29-24-12-8-9-19(2)20(24)3/h5-16,21H,17H2,1-4H3,(H2,28,29,33). The average molecular weight is 472 g/mol. The van der Waals surface area contributed by atoms with Gasteiger partial charge in [-0.3, -0.25) is 4.57 Å². The lowest BCUT2D eigenvalue weighted by molar-refractivity contribution is 0.248. The highest BCUT2D eigenvalue weighted by Crippen LogP contribution is 2.28. The van der Waals surface area contributed by atoms with Gasteiger partial charge in [0, 0.05) is 17.1 Å². The van der Waals surface area contributed by atoms with Crippen molar-refractivity contribution < 1.29 is 4.79 Å². The van der Waals surface area contributed by atoms with E-state index in [0.717, 1.165) is 33.4 Å². The van der Waals surface area contributed by atoms with Crippen molar-refractivity contribution in [3.8, 4) is 5.69 Å². The first-order chi connectivity index (χ1) is 16.4. The van der Waals surface area contributed by atoms with Crippen molar-refractivity contribution in [1.82, 2.24) is 20.1 Å². The van der Waals surface area contributed by atoms with Crippen molar-refractivity contribution in [2.24, 2.45) is 0 Å². The number of nitrogens with zero attached hydrogens (tertiary/aromatic N) is 3. The van der Waals surface area contributed by atoms with Gasteiger partial charge in [0.1, 0.15) is 0 Å². The number of hydrogen-bond donors (Lipinski definition) is 2. The van der Waals surface area contributed by atoms with E-state index in [2.05, 4.69) is 64.2 Å². The summed E-state index contributed by atoms with van der Waals surface area (Å²) in [6.45, 7) is 8.01. The molecule has 4 rings (SSSR count). The summed E-state index contributed by atoms with van der Waals surface area (Å²) >= 11 is 1.62. The number of aromatic nitrogens is 3. The summed E-state index contributed by atoms with van der Waals surface area (Å²) in [5, 5.41) is 15.7. The SMILES string of the molecule is Cc1ccc(-n2c(SCc3ccccc3)nnc2C(C)NC(=O)Nc2cccc(C)c2C)cc1. The van der Waals surface area contributed by atoms with Crippen LogP contribution in [0.25, 0.3) is 5.69 Å². The molecule has 6 nitrogen and oxygen atoms in total. The zero-order valence-electron chi connectivity index (χ0n) is 19.9. The predicted molar refractivity (Wildman–Crippen MR) is 139 cm³/mol. The van der Waals surface area contributed by atoms with Crippen LogP contribution in [0.3, 0.4) is 0 Å². The van der Waals surface area contributed by atoms with Crippen LogP contribution in [-0.4, -0.2) is 20.8 Å². The molecular formula is C27H29N5OS. The Morgan fingerprint density at radius 3 is 2.41 bits per heavy atom. The second-order valence-electron chi connectivity index (χ2n) is 8.35. The van der Waals surface area contributed by atoms with Crippen molar-refractivity contribution in [3.63, 3.8) is 0 Å². The van der Waals surface area contributed by atoms with E-state index < -0.39 is 0 Å². The molecule has 4 aromatic rings. The van der Waals surface area contributed by atoms with Crippen molar-refractivity contribution in [1.29, 1.82) is 0 Å². The van der Waals surface area contributed by atoms with Crippen LogP contribution in [0.15, 0.2) is 78.0 Å². The lowest BCUT2D eigenvalue weighted by atomic mass is 10.1. The van der Waals surface area contributed by atoms with Gasteiger partial charge in [0.15, 0.2) is 11.0 Å². The molecule has 3 aromatic carbocycles. The Hall–Kier alpha value is -3.58. The first-order valence-corrected chi connectivity index (χ1v) is 12.2. The van der Waals surface area contributed by atoms with Gasteiger partial charge in [-0.15, -0.1) is 10.2 Å². The van der Waals surface area contributed by atoms with Crippen molar-refractivity contribution in [3.05, 3.63) is 101 Å². The van der Waals surface area contributed by atoms with E-state index in [4.69, 9.17) is 0 Å². The molecule has 1 atom stereocenters. The number of rotatable bonds is 7. The van der Waals surface area contributed by atoms with Gasteiger partial charge in [0.2, 0.25) is 0 Å². The monoisotopic (exact) mass is 471 g/mol. The second kappa shape index (κ2) is 10.6. The van der Waals surface area contributed by atoms with E-state index in [1.165, 1.54) is 11.1 Å². The molecule has 0 aliphatic carbocycles. The van der Waals surface area contributed by atoms with Crippen LogP contribution in [-0.2, 0) is 5.75 Å². The Labute approximate surface area is 204 Å². The Balaban J connectivity index is 1.57. The van der Waals surface area contributed by atoms with Gasteiger partial charge >= 0.3 is 6.03 Å². The topological polar surface area (TPSA) is 71.8 Å². The molecule has 1 unspecified atom stereocenters. The Morgan fingerprint density at radius 2 is 1.68 bits per heavy atom. The first-order valence-electron chi connectivity index (χ1n) is 11.2. The minimum Gasteiger partial charge on any atom is -0.328 e. The van der Waals surface area contributed by atoms with Crippen LogP contribution in [0.2, 0.25) is 0 Å². The first kappa shape index (κ1) is 23.6. The van der Waals surface area contributed by atoms with Gasteiger partial charge in [-0.25, -0.2) is 4.79 Å². The van der Waals surface area contributed by atoms with Crippen LogP contribution in [0.5, 0.6) is 0 Å². The number of urea groups is 1. The second-order valence-corrected chi connectivity index (χ2v) is 9.30. The van der Waals surface area contributed by atoms with Gasteiger partial charge in [0.05, 0.1) is 6.04 Å². The van der Waals surface area contributed by atoms with E-state index in [0.29, 0.717) is 5.82 Å². The van der Waals surface area contributed by atoms with E-state index in [-0.39, 0.29) is 12.1 Å². The smallest absolute Gasteiger partial charge is 0.319 e. The molecule has 2 N–H and O–H groups in total. The van der Waals surface area contributed by atoms with E-state index in [1.807, 2.05) is 61.7 Å². The Morgan fingerprint density at radius 1 is 0.941 bits per heavy atom. The fraction of sp³-hybridized carbons (Fsp3) is 0.222. The summed E-state index contributed by atoms with van der Waals surface area (Å²) in [6, 6.07) is 23.7. The number of aryl methyl sites for hydroxylation is 2. The predicted octanol–water partition coefficient (Wildman–Crippen LogP) is 6.37. The highest BCUT2D eigenvalue weighted by atomic mass is 32.2. The fourth-order valence-electron chi connectivity index (χ4n) is 3.62. The van der Waals surface area contributed by atoms with Crippen LogP contribution in [0, 0.1) is 20.8 Å². The van der Waals surface area contributed by atoms with Crippen LogP contribution < -0.4 is 10.6 Å². The van der Waals surface area contributed by atoms with Gasteiger partial charge < -0.3 is 10.6 Å². The highest BCUT2D eigenvalue weighted by Gasteiger charge is 2.21. The molecule has 0 saturated heterocycles. The number of carbonyl (C=O) groups is 1. The van der Waals surface area contributed by atoms with E-state index >= 15 is 0 Å². The molecule has 34 heavy (non-hydrogen) atoms. The van der Waals surface area contributed by atoms with Crippen LogP contribution in [0.4, 0.5) is 10.5 Å². The third-order valence-corrected chi connectivity index (χ3v) is 6.75. The molecular weight excluding hydrogens is 442 g/mol. The van der Waals surface area contributed by atoms with E-state index in [1.54, 1.807) is 11.8 Å². The molecule has 0 aliphatic rings. The van der Waals surface area contributed by atoms with Crippen LogP contribution >= 0.6 is 11.8 Å². The zero-order chi connectivity index (χ0) is 24.1. The maximum absolute atomic E-state index is 12.8. The lowest BCUT2D eigenvalue weighted by Gasteiger charge is -2.18. The summed E-state index contributed by atoms with van der Waals surface area (Å²) in [5.41, 5.74) is 6.33. The van der Waals surface area contributed by atoms with Crippen molar-refractivity contribution >= 4 is 23.5 Å². The molecule has 1 aromatic heterocycles. The normalized spacial score (nSPS) is 11.8. The number of nitrogens with one attached hydrogen (secondary N) is 2. The summed E-state index contributed by atoms with van der Waals surface area (Å²) in [7, 11) is 0. The third kappa shape index (κ3) is 5.48. The number of amides is 2. The van der Waals surface area contributed by atoms with Crippen LogP contribution in [0.1, 0.15) is 41.0 Å². The molecule has 2 amide bonds. The zero-order valence-corrected chi connectivity index (χ0v) is 20.7. The number of benzene rings is 3. The van der Waals surface area contributed by atoms with Gasteiger partial charge in [0.25, 0.3) is 0 Å². The molecule has 7 heteroatoms. The number of hydrogen-bond acceptors (Lipinski definition) is 4. The maximum atomic E-state index is 12.8. The van der Waals surface area contributed by atoms with Gasteiger partial charge in [-0.05, 0) is 62.6 Å². The summed E-state index contributed by atoms with van der Waals surface area (Å²) < 4.78 is 2.02. The number of thioether (sulfide) groups is 1. The van der Waals surface area contributed by atoms with Crippen molar-refractivity contribution in [2.45, 2.75) is 44.6 Å².